The van der Waals surface area contributed by atoms with Crippen molar-refractivity contribution < 1.29 is 35.8 Å². The number of nitrogens with zero attached hydrogens (tertiary/aromatic N) is 2. The molecule has 4 nitrogen and oxygen atoms in total. The average molecular weight is 398 g/mol. The maximum Gasteiger partial charge on any atom is 0.403 e. The van der Waals surface area contributed by atoms with Crippen molar-refractivity contribution in [1.82, 2.24) is 0 Å². The van der Waals surface area contributed by atoms with Gasteiger partial charge >= 0.3 is 12.4 Å². The maximum absolute atomic E-state index is 14.0. The fourth-order valence-corrected chi connectivity index (χ4v) is 4.84. The minimum atomic E-state index is -5.45. The number of hydrogen-bond donors (Lipinski definition) is 0. The van der Waals surface area contributed by atoms with Gasteiger partial charge in [0.25, 0.3) is 12.5 Å². The molecule has 2 aliphatic carbocycles. The van der Waals surface area contributed by atoms with Crippen molar-refractivity contribution in [3.8, 4) is 12.5 Å². The first-order chi connectivity index (χ1) is 12.6. The molecule has 0 unspecified atom stereocenters. The molecule has 2 rings (SSSR count). The van der Waals surface area contributed by atoms with E-state index in [4.69, 9.17) is 20.0 Å². The lowest BCUT2D eigenvalue weighted by molar-refractivity contribution is -0.382. The highest BCUT2D eigenvalue weighted by Crippen LogP contribution is 2.64. The summed E-state index contributed by atoms with van der Waals surface area (Å²) in [6.45, 7) is 0. The van der Waals surface area contributed by atoms with Crippen LogP contribution in [0, 0.1) is 40.3 Å². The lowest BCUT2D eigenvalue weighted by Crippen LogP contribution is -2.60. The highest BCUT2D eigenvalue weighted by molar-refractivity contribution is 5.05. The van der Waals surface area contributed by atoms with Crippen LogP contribution in [0.1, 0.15) is 51.4 Å². The van der Waals surface area contributed by atoms with Crippen LogP contribution in [0.15, 0.2) is 0 Å². The van der Waals surface area contributed by atoms with E-state index in [-0.39, 0.29) is 51.4 Å². The Labute approximate surface area is 153 Å². The molecule has 2 fully saturated rings. The summed E-state index contributed by atoms with van der Waals surface area (Å²) in [5.41, 5.74) is -3.80. The summed E-state index contributed by atoms with van der Waals surface area (Å²) in [6, 6.07) is 0. The van der Waals surface area contributed by atoms with Crippen molar-refractivity contribution in [1.29, 1.82) is 10.5 Å². The van der Waals surface area contributed by atoms with Crippen molar-refractivity contribution >= 4 is 0 Å². The third-order valence-corrected chi connectivity index (χ3v) is 6.01. The Bertz CT molecular complexity index is 524. The first-order valence-electron chi connectivity index (χ1n) is 8.80. The molecule has 0 heterocycles. The highest BCUT2D eigenvalue weighted by Gasteiger charge is 2.76. The van der Waals surface area contributed by atoms with Crippen molar-refractivity contribution in [3.05, 3.63) is 0 Å². The van der Waals surface area contributed by atoms with Crippen LogP contribution in [0.2, 0.25) is 0 Å². The first kappa shape index (κ1) is 21.5. The van der Waals surface area contributed by atoms with Crippen LogP contribution in [0.4, 0.5) is 26.3 Å². The molecule has 0 aromatic rings. The van der Waals surface area contributed by atoms with E-state index < -0.39 is 41.8 Å². The van der Waals surface area contributed by atoms with Gasteiger partial charge in [0.1, 0.15) is 12.2 Å². The zero-order valence-corrected chi connectivity index (χ0v) is 14.4. The third-order valence-electron chi connectivity index (χ3n) is 6.01. The quantitative estimate of drug-likeness (QED) is 0.482. The van der Waals surface area contributed by atoms with E-state index in [9.17, 15) is 26.3 Å². The Morgan fingerprint density at radius 2 is 0.889 bits per heavy atom. The van der Waals surface area contributed by atoms with Gasteiger partial charge in [-0.15, -0.1) is 0 Å². The summed E-state index contributed by atoms with van der Waals surface area (Å²) in [4.78, 5) is 0. The monoisotopic (exact) mass is 398 g/mol. The fraction of sp³-hybridized carbons (Fsp3) is 0.882. The van der Waals surface area contributed by atoms with E-state index in [1.165, 1.54) is 12.5 Å². The summed E-state index contributed by atoms with van der Waals surface area (Å²) >= 11 is 0. The molecule has 0 saturated heterocycles. The predicted molar refractivity (Wildman–Crippen MR) is 79.4 cm³/mol. The maximum atomic E-state index is 14.0. The Kier molecular flexibility index (Phi) is 6.39. The largest absolute Gasteiger partial charge is 0.424 e. The number of nitriles is 2. The van der Waals surface area contributed by atoms with E-state index in [0.717, 1.165) is 0 Å². The molecule has 0 amide bonds. The van der Waals surface area contributed by atoms with Gasteiger partial charge in [0.05, 0.1) is 0 Å². The van der Waals surface area contributed by atoms with Crippen molar-refractivity contribution in [2.24, 2.45) is 17.3 Å². The Morgan fingerprint density at radius 1 is 0.593 bits per heavy atom. The van der Waals surface area contributed by atoms with E-state index >= 15 is 0 Å². The Balaban J connectivity index is 2.33. The smallest absolute Gasteiger partial charge is 0.403 e. The molecule has 0 aromatic heterocycles. The van der Waals surface area contributed by atoms with Crippen LogP contribution in [-0.2, 0) is 9.47 Å². The van der Waals surface area contributed by atoms with Crippen molar-refractivity contribution in [2.75, 3.05) is 0 Å². The number of alkyl halides is 6. The fourth-order valence-electron chi connectivity index (χ4n) is 4.84. The molecule has 152 valence electrons. The molecule has 0 atom stereocenters. The highest BCUT2D eigenvalue weighted by atomic mass is 19.4. The number of hydrogen-bond acceptors (Lipinski definition) is 4. The van der Waals surface area contributed by atoms with E-state index in [1.807, 2.05) is 0 Å². The van der Waals surface area contributed by atoms with E-state index in [0.29, 0.717) is 0 Å². The summed E-state index contributed by atoms with van der Waals surface area (Å²) in [7, 11) is 0. The number of rotatable bonds is 4. The van der Waals surface area contributed by atoms with Gasteiger partial charge in [-0.2, -0.15) is 36.9 Å². The second kappa shape index (κ2) is 8.04. The van der Waals surface area contributed by atoms with Gasteiger partial charge in [0.15, 0.2) is 5.41 Å². The lowest BCUT2D eigenvalue weighted by atomic mass is 9.57. The predicted octanol–water partition coefficient (Wildman–Crippen LogP) is 5.21. The Hall–Kier alpha value is -1.84. The van der Waals surface area contributed by atoms with E-state index in [1.54, 1.807) is 0 Å². The van der Waals surface area contributed by atoms with Crippen LogP contribution in [0.25, 0.3) is 0 Å². The summed E-state index contributed by atoms with van der Waals surface area (Å²) in [5.74, 6) is -3.23. The second-order valence-electron chi connectivity index (χ2n) is 7.23. The van der Waals surface area contributed by atoms with Gasteiger partial charge in [-0.3, -0.25) is 0 Å². The lowest BCUT2D eigenvalue weighted by Gasteiger charge is -2.51. The zero-order valence-electron chi connectivity index (χ0n) is 14.4. The van der Waals surface area contributed by atoms with Gasteiger partial charge < -0.3 is 9.47 Å². The molecule has 0 aliphatic heterocycles. The summed E-state index contributed by atoms with van der Waals surface area (Å²) in [5, 5.41) is 17.0. The third kappa shape index (κ3) is 4.04. The summed E-state index contributed by atoms with van der Waals surface area (Å²) in [6.07, 6.45) is -10.6. The minimum Gasteiger partial charge on any atom is -0.424 e. The second-order valence-corrected chi connectivity index (χ2v) is 7.23. The molecule has 0 aromatic carbocycles. The van der Waals surface area contributed by atoms with Gasteiger partial charge in [0, 0.05) is 0 Å². The molecule has 2 aliphatic rings. The van der Waals surface area contributed by atoms with Gasteiger partial charge in [-0.05, 0) is 63.2 Å². The van der Waals surface area contributed by atoms with Gasteiger partial charge in [-0.1, -0.05) is 0 Å². The number of ether oxygens (including phenoxy) is 2. The zero-order chi connectivity index (χ0) is 20.3. The van der Waals surface area contributed by atoms with Crippen molar-refractivity contribution in [2.45, 2.75) is 75.9 Å². The molecule has 0 N–H and O–H groups in total. The normalized spacial score (nSPS) is 30.1. The number of halogens is 6. The molecular weight excluding hydrogens is 378 g/mol. The van der Waals surface area contributed by atoms with Crippen LogP contribution in [-0.4, -0.2) is 24.6 Å². The van der Waals surface area contributed by atoms with Crippen molar-refractivity contribution in [3.63, 3.8) is 0 Å². The Morgan fingerprint density at radius 3 is 1.11 bits per heavy atom. The molecular formula is C17H20F6N2O2. The van der Waals surface area contributed by atoms with Crippen LogP contribution in [0.5, 0.6) is 0 Å². The standard InChI is InChI=1S/C17H20F6N2O2/c18-16(19,20)15(17(21,22)23,11-1-5-13(6-2-11)26-9-24)12-3-7-14(8-4-12)27-10-25/h11-14H,1-8H2. The van der Waals surface area contributed by atoms with E-state index in [2.05, 4.69) is 0 Å². The van der Waals surface area contributed by atoms with Gasteiger partial charge in [0.2, 0.25) is 0 Å². The summed E-state index contributed by atoms with van der Waals surface area (Å²) < 4.78 is 93.7. The molecule has 27 heavy (non-hydrogen) atoms. The molecule has 10 heteroatoms. The van der Waals surface area contributed by atoms with Gasteiger partial charge in [-0.25, -0.2) is 0 Å². The first-order valence-corrected chi connectivity index (χ1v) is 8.80. The molecule has 0 spiro atoms. The van der Waals surface area contributed by atoms with Crippen LogP contribution in [0.3, 0.4) is 0 Å². The molecule has 0 radical (unpaired) electrons. The SMILES string of the molecule is N#COC1CCC(C(C2CCC(OC#N)CC2)(C(F)(F)F)C(F)(F)F)CC1. The minimum absolute atomic E-state index is 0.0149. The van der Waals surface area contributed by atoms with Crippen LogP contribution < -0.4 is 0 Å². The molecule has 2 saturated carbocycles. The molecule has 0 bridgehead atoms. The van der Waals surface area contributed by atoms with Crippen LogP contribution >= 0.6 is 0 Å². The average Bonchev–Trinajstić information content (AvgIpc) is 2.56. The topological polar surface area (TPSA) is 66.0 Å².